The first-order chi connectivity index (χ1) is 16.0. The number of carbonyl (C=O) groups excluding carboxylic acids is 1. The Hall–Kier alpha value is -1.90. The Balaban J connectivity index is 1.75. The Morgan fingerprint density at radius 3 is 2.38 bits per heavy atom. The summed E-state index contributed by atoms with van der Waals surface area (Å²) in [4.78, 5) is 13.0. The first kappa shape index (κ1) is 26.7. The molecule has 0 radical (unpaired) electrons. The quantitative estimate of drug-likeness (QED) is 0.466. The largest absolute Gasteiger partial charge is 0.390 e. The Labute approximate surface area is 205 Å². The monoisotopic (exact) mass is 493 g/mol. The van der Waals surface area contributed by atoms with Crippen LogP contribution < -0.4 is 10.6 Å². The third-order valence-electron chi connectivity index (χ3n) is 6.33. The Morgan fingerprint density at radius 2 is 1.79 bits per heavy atom. The van der Waals surface area contributed by atoms with E-state index in [1.54, 1.807) is 0 Å². The molecule has 1 aliphatic carbocycles. The molecule has 5 nitrogen and oxygen atoms in total. The van der Waals surface area contributed by atoms with Crippen LogP contribution in [0, 0.1) is 17.0 Å². The number of halogens is 2. The molecule has 34 heavy (non-hydrogen) atoms. The normalized spacial score (nSPS) is 17.9. The second kappa shape index (κ2) is 11.2. The molecule has 2 atom stereocenters. The molecule has 1 aromatic carbocycles. The fourth-order valence-electron chi connectivity index (χ4n) is 4.80. The third-order valence-corrected chi connectivity index (χ3v) is 7.36. The van der Waals surface area contributed by atoms with Crippen molar-refractivity contribution in [3.05, 3.63) is 52.0 Å². The van der Waals surface area contributed by atoms with Crippen molar-refractivity contribution in [2.75, 3.05) is 6.54 Å². The van der Waals surface area contributed by atoms with Crippen LogP contribution in [0.2, 0.25) is 0 Å². The van der Waals surface area contributed by atoms with E-state index < -0.39 is 23.8 Å². The number of hydrogen-bond donors (Lipinski definition) is 3. The van der Waals surface area contributed by atoms with E-state index in [1.165, 1.54) is 41.9 Å². The number of nitrogens with zero attached hydrogens (tertiary/aromatic N) is 1. The van der Waals surface area contributed by atoms with Crippen LogP contribution in [-0.4, -0.2) is 34.1 Å². The third kappa shape index (κ3) is 7.55. The van der Waals surface area contributed by atoms with Crippen LogP contribution in [-0.2, 0) is 23.2 Å². The van der Waals surface area contributed by atoms with Gasteiger partial charge < -0.3 is 15.7 Å². The fourth-order valence-corrected chi connectivity index (χ4v) is 5.77. The maximum absolute atomic E-state index is 13.7. The minimum absolute atomic E-state index is 0.125. The summed E-state index contributed by atoms with van der Waals surface area (Å²) in [5.74, 6) is -1.66. The van der Waals surface area contributed by atoms with Crippen LogP contribution in [0.25, 0.3) is 0 Å². The molecule has 1 heterocycles. The van der Waals surface area contributed by atoms with E-state index in [9.17, 15) is 18.7 Å². The first-order valence-electron chi connectivity index (χ1n) is 12.1. The minimum Gasteiger partial charge on any atom is -0.390 e. The molecule has 1 amide bonds. The van der Waals surface area contributed by atoms with E-state index >= 15 is 0 Å². The van der Waals surface area contributed by atoms with Gasteiger partial charge in [-0.05, 0) is 66.4 Å². The molecule has 1 aliphatic rings. The summed E-state index contributed by atoms with van der Waals surface area (Å²) in [6, 6.07) is 4.79. The molecule has 1 aromatic heterocycles. The van der Waals surface area contributed by atoms with Crippen LogP contribution in [0.3, 0.4) is 0 Å². The molecule has 0 aliphatic heterocycles. The van der Waals surface area contributed by atoms with Crippen LogP contribution >= 0.6 is 11.5 Å². The summed E-state index contributed by atoms with van der Waals surface area (Å²) in [6.07, 6.45) is 5.36. The van der Waals surface area contributed by atoms with Gasteiger partial charge in [0.2, 0.25) is 5.91 Å². The first-order valence-corrected chi connectivity index (χ1v) is 12.8. The average molecular weight is 494 g/mol. The van der Waals surface area contributed by atoms with Gasteiger partial charge in [0.1, 0.15) is 11.6 Å². The molecule has 3 rings (SSSR count). The highest BCUT2D eigenvalue weighted by molar-refractivity contribution is 7.06. The summed E-state index contributed by atoms with van der Waals surface area (Å²) in [5, 5.41) is 17.4. The van der Waals surface area contributed by atoms with E-state index in [0.29, 0.717) is 5.56 Å². The van der Waals surface area contributed by atoms with E-state index in [0.717, 1.165) is 43.9 Å². The highest BCUT2D eigenvalue weighted by Gasteiger charge is 2.37. The van der Waals surface area contributed by atoms with Crippen molar-refractivity contribution in [3.63, 3.8) is 0 Å². The summed E-state index contributed by atoms with van der Waals surface area (Å²) < 4.78 is 32.0. The predicted octanol–water partition coefficient (Wildman–Crippen LogP) is 4.87. The SMILES string of the molecule is CC(=O)N[C@@H](Cc1cc(F)cc(F)c1)[C@H](O)CNC1(c2cc(CC(C)(C)C)ns2)CCCCC1. The van der Waals surface area contributed by atoms with Crippen molar-refractivity contribution in [1.29, 1.82) is 0 Å². The molecular weight excluding hydrogens is 456 g/mol. The molecule has 0 spiro atoms. The Bertz CT molecular complexity index is 947. The van der Waals surface area contributed by atoms with Crippen molar-refractivity contribution >= 4 is 17.4 Å². The number of rotatable bonds is 9. The summed E-state index contributed by atoms with van der Waals surface area (Å²) in [6.45, 7) is 8.21. The van der Waals surface area contributed by atoms with Gasteiger partial charge in [-0.2, -0.15) is 4.37 Å². The van der Waals surface area contributed by atoms with Crippen LogP contribution in [0.5, 0.6) is 0 Å². The Morgan fingerprint density at radius 1 is 1.15 bits per heavy atom. The summed E-state index contributed by atoms with van der Waals surface area (Å²) in [7, 11) is 0. The molecule has 1 fully saturated rings. The highest BCUT2D eigenvalue weighted by atomic mass is 32.1. The van der Waals surface area contributed by atoms with Gasteiger partial charge in [0.05, 0.1) is 23.4 Å². The lowest BCUT2D eigenvalue weighted by atomic mass is 9.79. The summed E-state index contributed by atoms with van der Waals surface area (Å²) >= 11 is 1.52. The van der Waals surface area contributed by atoms with Gasteiger partial charge in [-0.15, -0.1) is 0 Å². The number of aromatic nitrogens is 1. The van der Waals surface area contributed by atoms with Crippen LogP contribution in [0.1, 0.15) is 75.9 Å². The van der Waals surface area contributed by atoms with Crippen molar-refractivity contribution < 1.29 is 18.7 Å². The topological polar surface area (TPSA) is 74.2 Å². The average Bonchev–Trinajstić information content (AvgIpc) is 3.18. The number of aliphatic hydroxyl groups excluding tert-OH is 1. The number of nitrogens with one attached hydrogen (secondary N) is 2. The van der Waals surface area contributed by atoms with Crippen molar-refractivity contribution in [3.8, 4) is 0 Å². The van der Waals surface area contributed by atoms with Crippen molar-refractivity contribution in [1.82, 2.24) is 15.0 Å². The number of benzene rings is 1. The maximum atomic E-state index is 13.7. The van der Waals surface area contributed by atoms with Gasteiger partial charge in [-0.3, -0.25) is 4.79 Å². The number of hydrogen-bond acceptors (Lipinski definition) is 5. The van der Waals surface area contributed by atoms with Crippen molar-refractivity contribution in [2.24, 2.45) is 5.41 Å². The fraction of sp³-hybridized carbons (Fsp3) is 0.615. The molecule has 3 N–H and O–H groups in total. The minimum atomic E-state index is -0.934. The molecule has 1 saturated carbocycles. The van der Waals surface area contributed by atoms with Gasteiger partial charge >= 0.3 is 0 Å². The van der Waals surface area contributed by atoms with E-state index in [-0.39, 0.29) is 29.8 Å². The zero-order valence-corrected chi connectivity index (χ0v) is 21.4. The molecule has 0 saturated heterocycles. The lowest BCUT2D eigenvalue weighted by molar-refractivity contribution is -0.120. The zero-order valence-electron chi connectivity index (χ0n) is 20.6. The van der Waals surface area contributed by atoms with Gasteiger partial charge in [0.25, 0.3) is 0 Å². The molecule has 2 aromatic rings. The van der Waals surface area contributed by atoms with Crippen molar-refractivity contribution in [2.45, 2.75) is 90.3 Å². The number of carbonyl (C=O) groups is 1. The molecule has 0 unspecified atom stereocenters. The van der Waals surface area contributed by atoms with Gasteiger partial charge in [-0.1, -0.05) is 40.0 Å². The molecule has 8 heteroatoms. The molecule has 0 bridgehead atoms. The lowest BCUT2D eigenvalue weighted by Gasteiger charge is -2.39. The van der Waals surface area contributed by atoms with E-state index in [4.69, 9.17) is 4.37 Å². The number of amides is 1. The lowest BCUT2D eigenvalue weighted by Crippen LogP contribution is -2.52. The Kier molecular flexibility index (Phi) is 8.82. The summed E-state index contributed by atoms with van der Waals surface area (Å²) in [5.41, 5.74) is 1.36. The predicted molar refractivity (Wildman–Crippen MR) is 132 cm³/mol. The van der Waals surface area contributed by atoms with E-state index in [2.05, 4.69) is 37.5 Å². The van der Waals surface area contributed by atoms with Gasteiger partial charge in [-0.25, -0.2) is 8.78 Å². The molecular formula is C26H37F2N3O2S. The number of aliphatic hydroxyl groups is 1. The van der Waals surface area contributed by atoms with Gasteiger partial charge in [0.15, 0.2) is 0 Å². The maximum Gasteiger partial charge on any atom is 0.217 e. The standard InChI is InChI=1S/C26H37F2N3O2S/c1-17(32)30-22(12-18-10-19(27)13-20(28)11-18)23(33)16-29-26(8-6-5-7-9-26)24-14-21(31-34-24)15-25(2,3)4/h10-11,13-14,22-23,29,33H,5-9,12,15-16H2,1-4H3,(H,30,32)/t22-,23+/m0/s1. The van der Waals surface area contributed by atoms with Crippen LogP contribution in [0.15, 0.2) is 24.3 Å². The second-order valence-corrected chi connectivity index (χ2v) is 11.6. The second-order valence-electron chi connectivity index (χ2n) is 10.8. The smallest absolute Gasteiger partial charge is 0.217 e. The van der Waals surface area contributed by atoms with Gasteiger partial charge in [0, 0.05) is 24.4 Å². The molecule has 188 valence electrons. The zero-order chi connectivity index (χ0) is 24.9. The highest BCUT2D eigenvalue weighted by Crippen LogP contribution is 2.40. The van der Waals surface area contributed by atoms with E-state index in [1.807, 2.05) is 0 Å². The van der Waals surface area contributed by atoms with Crippen LogP contribution in [0.4, 0.5) is 8.78 Å².